The summed E-state index contributed by atoms with van der Waals surface area (Å²) in [5, 5.41) is 12.0. The average Bonchev–Trinajstić information content (AvgIpc) is 2.91. The molecule has 0 N–H and O–H groups in total. The van der Waals surface area contributed by atoms with Gasteiger partial charge < -0.3 is 9.80 Å². The molecule has 0 unspecified atom stereocenters. The molecule has 7 nitrogen and oxygen atoms in total. The average molecular weight is 347 g/mol. The van der Waals surface area contributed by atoms with Gasteiger partial charge in [0.1, 0.15) is 5.82 Å². The zero-order valence-corrected chi connectivity index (χ0v) is 14.8. The number of aryl methyl sites for hydroxylation is 2. The maximum Gasteiger partial charge on any atom is 0.272 e. The fourth-order valence-electron chi connectivity index (χ4n) is 2.92. The number of anilines is 2. The van der Waals surface area contributed by atoms with Gasteiger partial charge in [-0.1, -0.05) is 6.92 Å². The number of benzene rings is 1. The maximum atomic E-state index is 11.0. The third kappa shape index (κ3) is 3.48. The van der Waals surface area contributed by atoms with Gasteiger partial charge in [-0.05, 0) is 25.5 Å². The van der Waals surface area contributed by atoms with Crippen molar-refractivity contribution in [2.45, 2.75) is 26.7 Å². The molecule has 1 aromatic heterocycles. The van der Waals surface area contributed by atoms with Crippen LogP contribution in [0.3, 0.4) is 0 Å². The Morgan fingerprint density at radius 3 is 2.67 bits per heavy atom. The third-order valence-corrected chi connectivity index (χ3v) is 5.10. The monoisotopic (exact) mass is 347 g/mol. The highest BCUT2D eigenvalue weighted by Crippen LogP contribution is 2.26. The van der Waals surface area contributed by atoms with Crippen molar-refractivity contribution in [1.29, 1.82) is 0 Å². The van der Waals surface area contributed by atoms with E-state index in [0.29, 0.717) is 5.56 Å². The summed E-state index contributed by atoms with van der Waals surface area (Å²) in [4.78, 5) is 19.8. The van der Waals surface area contributed by atoms with E-state index in [2.05, 4.69) is 26.1 Å². The number of hydrogen-bond donors (Lipinski definition) is 0. The molecule has 1 aliphatic heterocycles. The van der Waals surface area contributed by atoms with Crippen LogP contribution in [0.1, 0.15) is 24.7 Å². The van der Waals surface area contributed by atoms with Gasteiger partial charge in [0.05, 0.1) is 4.92 Å². The minimum atomic E-state index is -0.329. The summed E-state index contributed by atoms with van der Waals surface area (Å²) in [5.41, 5.74) is 1.93. The van der Waals surface area contributed by atoms with Crippen LogP contribution in [0.2, 0.25) is 0 Å². The van der Waals surface area contributed by atoms with Crippen molar-refractivity contribution in [3.05, 3.63) is 39.7 Å². The van der Waals surface area contributed by atoms with Crippen LogP contribution in [0.5, 0.6) is 0 Å². The van der Waals surface area contributed by atoms with Crippen molar-refractivity contribution in [2.24, 2.45) is 0 Å². The van der Waals surface area contributed by atoms with Gasteiger partial charge in [0.15, 0.2) is 0 Å². The molecule has 3 rings (SSSR count). The van der Waals surface area contributed by atoms with E-state index in [-0.39, 0.29) is 10.6 Å². The minimum absolute atomic E-state index is 0.177. The van der Waals surface area contributed by atoms with E-state index in [1.165, 1.54) is 11.5 Å². The molecule has 0 radical (unpaired) electrons. The highest BCUT2D eigenvalue weighted by molar-refractivity contribution is 7.09. The molecule has 0 saturated carbocycles. The molecule has 1 aliphatic rings. The Bertz CT molecular complexity index is 733. The Morgan fingerprint density at radius 2 is 2.00 bits per heavy atom. The predicted octanol–water partition coefficient (Wildman–Crippen LogP) is 3.03. The number of nitro groups is 1. The first-order chi connectivity index (χ1) is 11.6. The highest BCUT2D eigenvalue weighted by atomic mass is 32.1. The summed E-state index contributed by atoms with van der Waals surface area (Å²) in [6.45, 7) is 7.51. The second-order valence-electron chi connectivity index (χ2n) is 5.90. The molecule has 1 fully saturated rings. The van der Waals surface area contributed by atoms with Gasteiger partial charge in [-0.2, -0.15) is 4.37 Å². The fourth-order valence-corrected chi connectivity index (χ4v) is 3.73. The zero-order valence-electron chi connectivity index (χ0n) is 13.9. The molecule has 2 heterocycles. The lowest BCUT2D eigenvalue weighted by Gasteiger charge is -2.23. The SMILES string of the molecule is CCc1nsc(N2CCCN(c3ccc([N+](=O)[O-])c(C)c3)CC2)n1. The molecular formula is C16H21N5O2S. The summed E-state index contributed by atoms with van der Waals surface area (Å²) in [7, 11) is 0. The van der Waals surface area contributed by atoms with Crippen molar-refractivity contribution in [3.8, 4) is 0 Å². The Labute approximate surface area is 145 Å². The molecule has 1 aromatic carbocycles. The molecule has 0 bridgehead atoms. The Hall–Kier alpha value is -2.22. The van der Waals surface area contributed by atoms with Crippen molar-refractivity contribution in [3.63, 3.8) is 0 Å². The lowest BCUT2D eigenvalue weighted by Crippen LogP contribution is -2.30. The number of nitrogens with zero attached hydrogens (tertiary/aromatic N) is 5. The van der Waals surface area contributed by atoms with Gasteiger partial charge in [-0.15, -0.1) is 0 Å². The fraction of sp³-hybridized carbons (Fsp3) is 0.500. The predicted molar refractivity (Wildman–Crippen MR) is 96.2 cm³/mol. The number of aromatic nitrogens is 2. The Morgan fingerprint density at radius 1 is 1.25 bits per heavy atom. The van der Waals surface area contributed by atoms with Gasteiger partial charge in [0.25, 0.3) is 5.69 Å². The highest BCUT2D eigenvalue weighted by Gasteiger charge is 2.19. The second kappa shape index (κ2) is 7.12. The molecule has 2 aromatic rings. The van der Waals surface area contributed by atoms with Gasteiger partial charge in [-0.25, -0.2) is 4.98 Å². The van der Waals surface area contributed by atoms with Crippen LogP contribution in [-0.4, -0.2) is 40.5 Å². The molecule has 0 atom stereocenters. The van der Waals surface area contributed by atoms with Crippen LogP contribution in [0, 0.1) is 17.0 Å². The first kappa shape index (κ1) is 16.6. The van der Waals surface area contributed by atoms with E-state index in [0.717, 1.165) is 55.7 Å². The topological polar surface area (TPSA) is 75.4 Å². The van der Waals surface area contributed by atoms with Crippen LogP contribution >= 0.6 is 11.5 Å². The van der Waals surface area contributed by atoms with Crippen molar-refractivity contribution in [2.75, 3.05) is 36.0 Å². The van der Waals surface area contributed by atoms with Crippen LogP contribution < -0.4 is 9.80 Å². The van der Waals surface area contributed by atoms with Crippen LogP contribution in [0.25, 0.3) is 0 Å². The standard InChI is InChI=1S/C16H21N5O2S/c1-3-15-17-16(24-18-15)20-8-4-7-19(9-10-20)13-5-6-14(21(22)23)12(2)11-13/h5-6,11H,3-4,7-10H2,1-2H3. The largest absolute Gasteiger partial charge is 0.370 e. The summed E-state index contributed by atoms with van der Waals surface area (Å²) < 4.78 is 4.37. The second-order valence-corrected chi connectivity index (χ2v) is 6.63. The maximum absolute atomic E-state index is 11.0. The third-order valence-electron chi connectivity index (χ3n) is 4.28. The number of nitro benzene ring substituents is 1. The van der Waals surface area contributed by atoms with E-state index in [9.17, 15) is 10.1 Å². The molecule has 8 heteroatoms. The lowest BCUT2D eigenvalue weighted by atomic mass is 10.1. The van der Waals surface area contributed by atoms with Crippen molar-refractivity contribution < 1.29 is 4.92 Å². The first-order valence-electron chi connectivity index (χ1n) is 8.16. The summed E-state index contributed by atoms with van der Waals surface area (Å²) in [5.74, 6) is 0.905. The van der Waals surface area contributed by atoms with E-state index in [1.54, 1.807) is 13.0 Å². The van der Waals surface area contributed by atoms with Crippen LogP contribution in [-0.2, 0) is 6.42 Å². The normalized spacial score (nSPS) is 15.4. The minimum Gasteiger partial charge on any atom is -0.370 e. The first-order valence-corrected chi connectivity index (χ1v) is 8.93. The summed E-state index contributed by atoms with van der Waals surface area (Å²) >= 11 is 1.47. The molecule has 0 aliphatic carbocycles. The van der Waals surface area contributed by atoms with Crippen LogP contribution in [0.4, 0.5) is 16.5 Å². The van der Waals surface area contributed by atoms with E-state index >= 15 is 0 Å². The number of rotatable bonds is 4. The number of hydrogen-bond acceptors (Lipinski definition) is 7. The Balaban J connectivity index is 1.71. The molecule has 128 valence electrons. The zero-order chi connectivity index (χ0) is 17.1. The molecule has 0 spiro atoms. The van der Waals surface area contributed by atoms with Crippen LogP contribution in [0.15, 0.2) is 18.2 Å². The lowest BCUT2D eigenvalue weighted by molar-refractivity contribution is -0.385. The van der Waals surface area contributed by atoms with Crippen molar-refractivity contribution in [1.82, 2.24) is 9.36 Å². The Kier molecular flexibility index (Phi) is 4.94. The summed E-state index contributed by atoms with van der Waals surface area (Å²) in [6.07, 6.45) is 1.88. The van der Waals surface area contributed by atoms with Gasteiger partial charge in [0, 0.05) is 61.4 Å². The smallest absolute Gasteiger partial charge is 0.272 e. The molecule has 1 saturated heterocycles. The van der Waals surface area contributed by atoms with E-state index < -0.39 is 0 Å². The van der Waals surface area contributed by atoms with Gasteiger partial charge >= 0.3 is 0 Å². The van der Waals surface area contributed by atoms with Gasteiger partial charge in [-0.3, -0.25) is 10.1 Å². The summed E-state index contributed by atoms with van der Waals surface area (Å²) in [6, 6.07) is 5.36. The van der Waals surface area contributed by atoms with Crippen molar-refractivity contribution >= 4 is 28.0 Å². The van der Waals surface area contributed by atoms with Gasteiger partial charge in [0.2, 0.25) is 5.13 Å². The molecule has 0 amide bonds. The van der Waals surface area contributed by atoms with E-state index in [1.807, 2.05) is 12.1 Å². The molecule has 24 heavy (non-hydrogen) atoms. The van der Waals surface area contributed by atoms with E-state index in [4.69, 9.17) is 0 Å². The molecular weight excluding hydrogens is 326 g/mol. The quantitative estimate of drug-likeness (QED) is 0.625.